The van der Waals surface area contributed by atoms with E-state index in [2.05, 4.69) is 133 Å². The number of aromatic amines is 2. The molecule has 2 saturated heterocycles. The third-order valence-corrected chi connectivity index (χ3v) is 20.5. The van der Waals surface area contributed by atoms with E-state index in [4.69, 9.17) is 21.1 Å². The van der Waals surface area contributed by atoms with Crippen molar-refractivity contribution in [3.8, 4) is 33.6 Å². The van der Waals surface area contributed by atoms with Crippen LogP contribution < -0.4 is 15.5 Å². The minimum Gasteiger partial charge on any atom is -0.379 e. The van der Waals surface area contributed by atoms with Crippen molar-refractivity contribution in [3.05, 3.63) is 156 Å². The fourth-order valence-electron chi connectivity index (χ4n) is 12.6. The Balaban J connectivity index is 0.000000126. The molecule has 0 amide bonds. The van der Waals surface area contributed by atoms with Gasteiger partial charge in [-0.2, -0.15) is 0 Å². The molecule has 0 unspecified atom stereocenters. The molecule has 2 aromatic carbocycles. The number of morpholine rings is 2. The maximum Gasteiger partial charge on any atom is 0.138 e. The fraction of sp³-hybridized carbons (Fsp3) is 0.391. The van der Waals surface area contributed by atoms with Crippen molar-refractivity contribution in [1.82, 2.24) is 45.2 Å². The predicted octanol–water partition coefficient (Wildman–Crippen LogP) is 16.1. The first kappa shape index (κ1) is 58.1. The molecule has 3 N–H and O–H groups in total. The van der Waals surface area contributed by atoms with Gasteiger partial charge >= 0.3 is 0 Å². The number of H-pyrrole nitrogens is 2. The van der Waals surface area contributed by atoms with Crippen LogP contribution in [0.4, 0.5) is 5.69 Å². The molecule has 430 valence electrons. The number of aryl methyl sites for hydroxylation is 1. The molecule has 8 aromatic heterocycles. The summed E-state index contributed by atoms with van der Waals surface area (Å²) in [6, 6.07) is 30.7. The Morgan fingerprint density at radius 2 is 1.08 bits per heavy atom. The molecule has 4 aliphatic rings. The molecule has 0 atom stereocenters. The van der Waals surface area contributed by atoms with Crippen molar-refractivity contribution in [2.24, 2.45) is 0 Å². The van der Waals surface area contributed by atoms with Crippen molar-refractivity contribution < 1.29 is 9.47 Å². The highest BCUT2D eigenvalue weighted by atomic mass is 35.5. The topological polar surface area (TPSA) is 143 Å². The van der Waals surface area contributed by atoms with Crippen LogP contribution in [0.1, 0.15) is 120 Å². The van der Waals surface area contributed by atoms with Crippen LogP contribution in [0.3, 0.4) is 0 Å². The van der Waals surface area contributed by atoms with Crippen LogP contribution in [-0.4, -0.2) is 104 Å². The zero-order valence-electron chi connectivity index (χ0n) is 49.0. The molecule has 2 aliphatic carbocycles. The number of hydrogen-bond donors (Lipinski definition) is 3. The second-order valence-corrected chi connectivity index (χ2v) is 26.4. The van der Waals surface area contributed by atoms with Gasteiger partial charge in [-0.15, -0.1) is 0 Å². The van der Waals surface area contributed by atoms with Crippen molar-refractivity contribution in [3.63, 3.8) is 0 Å². The summed E-state index contributed by atoms with van der Waals surface area (Å²) in [5.74, 6) is 1.09. The Morgan fingerprint density at radius 3 is 1.59 bits per heavy atom. The van der Waals surface area contributed by atoms with Gasteiger partial charge in [0.15, 0.2) is 0 Å². The van der Waals surface area contributed by atoms with E-state index in [-0.39, 0.29) is 7.92 Å². The Morgan fingerprint density at radius 1 is 0.554 bits per heavy atom. The lowest BCUT2D eigenvalue weighted by Gasteiger charge is -2.40. The largest absolute Gasteiger partial charge is 0.379 e. The predicted molar refractivity (Wildman–Crippen MR) is 346 cm³/mol. The van der Waals surface area contributed by atoms with E-state index in [1.165, 1.54) is 69.8 Å². The van der Waals surface area contributed by atoms with Gasteiger partial charge in [0.25, 0.3) is 0 Å². The highest BCUT2D eigenvalue weighted by molar-refractivity contribution is 7.67. The van der Waals surface area contributed by atoms with Gasteiger partial charge < -0.3 is 29.7 Å². The molecule has 83 heavy (non-hydrogen) atoms. The molecule has 14 rings (SSSR count). The maximum atomic E-state index is 6.03. The number of pyridine rings is 6. The van der Waals surface area contributed by atoms with Crippen LogP contribution in [0.25, 0.3) is 77.5 Å². The second-order valence-electron chi connectivity index (χ2n) is 23.2. The summed E-state index contributed by atoms with van der Waals surface area (Å²) in [5, 5.41) is 9.83. The zero-order valence-corrected chi connectivity index (χ0v) is 50.7. The molecule has 10 heterocycles. The molecule has 0 radical (unpaired) electrons. The van der Waals surface area contributed by atoms with Crippen LogP contribution in [0.2, 0.25) is 5.02 Å². The van der Waals surface area contributed by atoms with Gasteiger partial charge in [-0.25, -0.2) is 9.97 Å². The number of halogens is 1. The van der Waals surface area contributed by atoms with Crippen molar-refractivity contribution in [2.45, 2.75) is 122 Å². The summed E-state index contributed by atoms with van der Waals surface area (Å²) >= 11 is 6.03. The molecule has 4 fully saturated rings. The summed E-state index contributed by atoms with van der Waals surface area (Å²) in [7, 11) is -0.107. The van der Waals surface area contributed by atoms with Crippen LogP contribution in [-0.2, 0) is 9.47 Å². The van der Waals surface area contributed by atoms with Gasteiger partial charge in [0.2, 0.25) is 0 Å². The Labute approximate surface area is 495 Å². The number of rotatable bonds is 9. The van der Waals surface area contributed by atoms with Gasteiger partial charge in [-0.1, -0.05) is 128 Å². The maximum absolute atomic E-state index is 6.03. The van der Waals surface area contributed by atoms with E-state index >= 15 is 0 Å². The number of anilines is 1. The van der Waals surface area contributed by atoms with Crippen molar-refractivity contribution in [1.29, 1.82) is 0 Å². The molecular weight excluding hydrogens is 1070 g/mol. The number of fused-ring (bicyclic) bond motifs is 6. The van der Waals surface area contributed by atoms with E-state index in [0.717, 1.165) is 136 Å². The van der Waals surface area contributed by atoms with Gasteiger partial charge in [-0.05, 0) is 132 Å². The van der Waals surface area contributed by atoms with Crippen molar-refractivity contribution >= 4 is 74.4 Å². The number of ether oxygens (including phenoxy) is 2. The van der Waals surface area contributed by atoms with E-state index in [1.54, 1.807) is 52.3 Å². The second kappa shape index (κ2) is 27.8. The average Bonchev–Trinajstić information content (AvgIpc) is 3.61. The van der Waals surface area contributed by atoms with Gasteiger partial charge in [0.05, 0.1) is 78.1 Å². The first-order valence-electron chi connectivity index (χ1n) is 30.3. The van der Waals surface area contributed by atoms with E-state index in [9.17, 15) is 0 Å². The van der Waals surface area contributed by atoms with E-state index in [0.29, 0.717) is 16.9 Å². The molecule has 12 nitrogen and oxygen atoms in total. The molecule has 0 bridgehead atoms. The lowest BCUT2D eigenvalue weighted by molar-refractivity contribution is 0.109. The Kier molecular flexibility index (Phi) is 19.5. The minimum atomic E-state index is -0.107. The lowest BCUT2D eigenvalue weighted by atomic mass is 9.83. The van der Waals surface area contributed by atoms with Crippen LogP contribution in [0.15, 0.2) is 135 Å². The molecule has 0 spiro atoms. The van der Waals surface area contributed by atoms with Gasteiger partial charge in [-0.3, -0.25) is 19.9 Å². The number of hydrogen-bond acceptors (Lipinski definition) is 10. The number of benzene rings is 2. The Hall–Kier alpha value is -6.66. The third-order valence-electron chi connectivity index (χ3n) is 16.7. The molecule has 14 heteroatoms. The average molecular weight is 1150 g/mol. The van der Waals surface area contributed by atoms with E-state index in [1.807, 2.05) is 61.2 Å². The molecular formula is C69H80ClN10O2P. The van der Waals surface area contributed by atoms with Gasteiger partial charge in [0.1, 0.15) is 11.3 Å². The van der Waals surface area contributed by atoms with Crippen molar-refractivity contribution in [2.75, 3.05) is 57.5 Å². The molecule has 2 saturated carbocycles. The quantitative estimate of drug-likeness (QED) is 0.120. The standard InChI is InChI=1S/C31H45P.C19H17N5O.C15H9ClN4.C4H9NO/c1-22(2)28-20-24(5)21-29(23(3)4)31(28)27-18-12-13-19-30(27)32(25-14-8-6-9-15-25)26-16-10-7-11-17-26;1-2-13(10-20-3-1)17-9-15-16-8-14(24-4-6-25-7-5-24)11-22-19(16)23-18(15)12-21-17;16-10-4-12-11-5-13(9-2-1-3-17-6-9)18-8-14(11)20-15(12)19-7-10;1-3-6-4-2-5-1/h12-13,18-23,25-26H,6-11,14-17H2,1-5H3;1-3,8-12H,4-7H2,(H,22,23);1-8H,(H,19,20);5H,1-4H2. The number of nitrogens with zero attached hydrogens (tertiary/aromatic N) is 7. The lowest BCUT2D eigenvalue weighted by Crippen LogP contribution is -2.36. The normalized spacial score (nSPS) is 16.2. The summed E-state index contributed by atoms with van der Waals surface area (Å²) in [6.07, 6.45) is 29.0. The fourth-order valence-corrected chi connectivity index (χ4v) is 16.7. The molecule has 10 aromatic rings. The van der Waals surface area contributed by atoms with Crippen LogP contribution in [0, 0.1) is 6.92 Å². The first-order valence-corrected chi connectivity index (χ1v) is 32.2. The molecule has 2 aliphatic heterocycles. The summed E-state index contributed by atoms with van der Waals surface area (Å²) in [6.45, 7) is 19.0. The SMILES string of the molecule is C1COCCN1.Cc1cc(C(C)C)c(-c2ccccc2P(C2CCCCC2)C2CCCCC2)c(C(C)C)c1.Clc1cnc2[nH]c3cnc(-c4cccnc4)cc3c2c1.c1cncc(-c2cc3c(cn2)[nH]c2ncc(N4CCOCC4)cc23)c1. The smallest absolute Gasteiger partial charge is 0.138 e. The summed E-state index contributed by atoms with van der Waals surface area (Å²) in [4.78, 5) is 35.2. The number of nitrogens with one attached hydrogen (secondary N) is 3. The highest BCUT2D eigenvalue weighted by Gasteiger charge is 2.34. The zero-order chi connectivity index (χ0) is 57.1. The third kappa shape index (κ3) is 14.0. The van der Waals surface area contributed by atoms with Crippen LogP contribution >= 0.6 is 19.5 Å². The van der Waals surface area contributed by atoms with Gasteiger partial charge in [0, 0.05) is 89.8 Å². The first-order chi connectivity index (χ1) is 40.7. The highest BCUT2D eigenvalue weighted by Crippen LogP contribution is 2.57. The van der Waals surface area contributed by atoms with Crippen LogP contribution in [0.5, 0.6) is 0 Å². The number of aromatic nitrogens is 8. The minimum absolute atomic E-state index is 0.107. The summed E-state index contributed by atoms with van der Waals surface area (Å²) < 4.78 is 10.5. The monoisotopic (exact) mass is 1150 g/mol. The summed E-state index contributed by atoms with van der Waals surface area (Å²) in [5.41, 5.74) is 18.2. The Bertz CT molecular complexity index is 3660. The van der Waals surface area contributed by atoms with E-state index < -0.39 is 0 Å².